The van der Waals surface area contributed by atoms with Gasteiger partial charge in [-0.05, 0) is 25.0 Å². The Kier molecular flexibility index (Phi) is 5.33. The van der Waals surface area contributed by atoms with E-state index < -0.39 is 0 Å². The van der Waals surface area contributed by atoms with E-state index >= 15 is 0 Å². The molecular formula is C16H23N3O2. The van der Waals surface area contributed by atoms with Crippen LogP contribution in [0.2, 0.25) is 0 Å². The van der Waals surface area contributed by atoms with Gasteiger partial charge in [-0.15, -0.1) is 0 Å². The molecule has 21 heavy (non-hydrogen) atoms. The maximum absolute atomic E-state index is 12.2. The summed E-state index contributed by atoms with van der Waals surface area (Å²) in [5, 5.41) is 4.02. The third kappa shape index (κ3) is 3.42. The van der Waals surface area contributed by atoms with Crippen LogP contribution in [0, 0.1) is 0 Å². The van der Waals surface area contributed by atoms with Gasteiger partial charge in [0.2, 0.25) is 5.91 Å². The van der Waals surface area contributed by atoms with E-state index in [1.54, 1.807) is 13.3 Å². The van der Waals surface area contributed by atoms with Gasteiger partial charge in [-0.2, -0.15) is 0 Å². The molecule has 1 atom stereocenters. The molecule has 0 unspecified atom stereocenters. The van der Waals surface area contributed by atoms with Crippen molar-refractivity contribution in [3.63, 3.8) is 0 Å². The van der Waals surface area contributed by atoms with Gasteiger partial charge in [0.1, 0.15) is 6.04 Å². The van der Waals surface area contributed by atoms with Crippen molar-refractivity contribution in [3.05, 3.63) is 30.2 Å². The highest BCUT2D eigenvalue weighted by atomic mass is 16.5. The lowest BCUT2D eigenvalue weighted by molar-refractivity contribution is -0.123. The Labute approximate surface area is 125 Å². The van der Waals surface area contributed by atoms with E-state index in [1.807, 2.05) is 23.8 Å². The Morgan fingerprint density at radius 3 is 3.05 bits per heavy atom. The van der Waals surface area contributed by atoms with Crippen molar-refractivity contribution < 1.29 is 9.53 Å². The number of rotatable bonds is 7. The number of amides is 1. The summed E-state index contributed by atoms with van der Waals surface area (Å²) in [7, 11) is 1.62. The van der Waals surface area contributed by atoms with Crippen LogP contribution in [-0.4, -0.2) is 35.7 Å². The van der Waals surface area contributed by atoms with Crippen LogP contribution in [0.15, 0.2) is 24.7 Å². The van der Waals surface area contributed by atoms with Crippen LogP contribution in [0.3, 0.4) is 0 Å². The first-order chi connectivity index (χ1) is 10.2. The van der Waals surface area contributed by atoms with Crippen LogP contribution in [0.25, 0.3) is 10.9 Å². The van der Waals surface area contributed by atoms with E-state index in [-0.39, 0.29) is 11.9 Å². The average Bonchev–Trinajstić information content (AvgIpc) is 2.86. The fourth-order valence-corrected chi connectivity index (χ4v) is 2.51. The first-order valence-electron chi connectivity index (χ1n) is 7.39. The fourth-order valence-electron chi connectivity index (χ4n) is 2.51. The average molecular weight is 289 g/mol. The molecule has 0 aliphatic rings. The van der Waals surface area contributed by atoms with E-state index in [1.165, 1.54) is 5.56 Å². The summed E-state index contributed by atoms with van der Waals surface area (Å²) < 4.78 is 6.99. The molecular weight excluding hydrogens is 266 g/mol. The quantitative estimate of drug-likeness (QED) is 0.796. The van der Waals surface area contributed by atoms with Crippen molar-refractivity contribution in [2.75, 3.05) is 20.3 Å². The second kappa shape index (κ2) is 7.22. The predicted molar refractivity (Wildman–Crippen MR) is 83.3 cm³/mol. The maximum Gasteiger partial charge on any atom is 0.242 e. The van der Waals surface area contributed by atoms with Crippen LogP contribution in [0.1, 0.15) is 31.9 Å². The SMILES string of the molecule is CCCc1cn([C@@H](C)C(=O)NCCOC)c2ccncc12. The summed E-state index contributed by atoms with van der Waals surface area (Å²) in [6.07, 6.45) is 7.79. The molecule has 5 nitrogen and oxygen atoms in total. The van der Waals surface area contributed by atoms with Crippen LogP contribution >= 0.6 is 0 Å². The van der Waals surface area contributed by atoms with Crippen LogP contribution < -0.4 is 5.32 Å². The minimum atomic E-state index is -0.252. The Morgan fingerprint density at radius 1 is 1.52 bits per heavy atom. The number of methoxy groups -OCH3 is 1. The number of aromatic nitrogens is 2. The highest BCUT2D eigenvalue weighted by Gasteiger charge is 2.18. The second-order valence-electron chi connectivity index (χ2n) is 5.16. The molecule has 5 heteroatoms. The standard InChI is InChI=1S/C16H23N3O2/c1-4-5-13-11-19(15-6-7-17-10-14(13)15)12(2)16(20)18-8-9-21-3/h6-7,10-12H,4-5,8-9H2,1-3H3,(H,18,20)/t12-/m0/s1. The number of ether oxygens (including phenoxy) is 1. The lowest BCUT2D eigenvalue weighted by Gasteiger charge is -2.15. The van der Waals surface area contributed by atoms with Gasteiger partial charge < -0.3 is 14.6 Å². The molecule has 114 valence electrons. The molecule has 2 heterocycles. The summed E-state index contributed by atoms with van der Waals surface area (Å²) in [5.74, 6) is 0.00353. The van der Waals surface area contributed by atoms with E-state index in [0.29, 0.717) is 13.2 Å². The Balaban J connectivity index is 2.26. The van der Waals surface area contributed by atoms with Gasteiger partial charge in [-0.1, -0.05) is 13.3 Å². The van der Waals surface area contributed by atoms with Crippen LogP contribution in [-0.2, 0) is 16.0 Å². The number of aryl methyl sites for hydroxylation is 1. The molecule has 0 bridgehead atoms. The molecule has 0 aliphatic heterocycles. The van der Waals surface area contributed by atoms with E-state index in [4.69, 9.17) is 4.74 Å². The topological polar surface area (TPSA) is 56.2 Å². The smallest absolute Gasteiger partial charge is 0.242 e. The lowest BCUT2D eigenvalue weighted by Crippen LogP contribution is -2.33. The minimum Gasteiger partial charge on any atom is -0.383 e. The number of pyridine rings is 1. The maximum atomic E-state index is 12.2. The Bertz CT molecular complexity index is 607. The number of hydrogen-bond donors (Lipinski definition) is 1. The van der Waals surface area contributed by atoms with Crippen molar-refractivity contribution in [3.8, 4) is 0 Å². The first-order valence-corrected chi connectivity index (χ1v) is 7.39. The predicted octanol–water partition coefficient (Wildman–Crippen LogP) is 2.31. The van der Waals surface area contributed by atoms with E-state index in [0.717, 1.165) is 23.7 Å². The summed E-state index contributed by atoms with van der Waals surface area (Å²) in [6.45, 7) is 5.12. The largest absolute Gasteiger partial charge is 0.383 e. The van der Waals surface area contributed by atoms with Crippen LogP contribution in [0.5, 0.6) is 0 Å². The third-order valence-corrected chi connectivity index (χ3v) is 3.64. The third-order valence-electron chi connectivity index (χ3n) is 3.64. The van der Waals surface area contributed by atoms with Gasteiger partial charge in [-0.25, -0.2) is 0 Å². The number of carbonyl (C=O) groups is 1. The molecule has 2 rings (SSSR count). The molecule has 2 aromatic rings. The molecule has 0 saturated heterocycles. The van der Waals surface area contributed by atoms with Gasteiger partial charge in [0.25, 0.3) is 0 Å². The molecule has 0 fully saturated rings. The Hall–Kier alpha value is -1.88. The van der Waals surface area contributed by atoms with Crippen molar-refractivity contribution >= 4 is 16.8 Å². The van der Waals surface area contributed by atoms with Gasteiger partial charge in [0.15, 0.2) is 0 Å². The molecule has 1 amide bonds. The molecule has 0 radical (unpaired) electrons. The number of fused-ring (bicyclic) bond motifs is 1. The zero-order valence-corrected chi connectivity index (χ0v) is 12.9. The van der Waals surface area contributed by atoms with Crippen molar-refractivity contribution in [2.45, 2.75) is 32.7 Å². The van der Waals surface area contributed by atoms with E-state index in [9.17, 15) is 4.79 Å². The van der Waals surface area contributed by atoms with E-state index in [2.05, 4.69) is 23.4 Å². The minimum absolute atomic E-state index is 0.00353. The summed E-state index contributed by atoms with van der Waals surface area (Å²) in [5.41, 5.74) is 2.31. The number of nitrogens with zero attached hydrogens (tertiary/aromatic N) is 2. The molecule has 2 aromatic heterocycles. The lowest BCUT2D eigenvalue weighted by atomic mass is 10.1. The zero-order valence-electron chi connectivity index (χ0n) is 12.9. The molecule has 1 N–H and O–H groups in total. The highest BCUT2D eigenvalue weighted by molar-refractivity contribution is 5.87. The number of hydrogen-bond acceptors (Lipinski definition) is 3. The molecule has 0 saturated carbocycles. The van der Waals surface area contributed by atoms with Crippen molar-refractivity contribution in [1.29, 1.82) is 0 Å². The fraction of sp³-hybridized carbons (Fsp3) is 0.500. The summed E-state index contributed by atoms with van der Waals surface area (Å²) in [6, 6.07) is 1.71. The van der Waals surface area contributed by atoms with Gasteiger partial charge >= 0.3 is 0 Å². The molecule has 0 aromatic carbocycles. The molecule has 0 aliphatic carbocycles. The van der Waals surface area contributed by atoms with Crippen LogP contribution in [0.4, 0.5) is 0 Å². The Morgan fingerprint density at radius 2 is 2.33 bits per heavy atom. The summed E-state index contributed by atoms with van der Waals surface area (Å²) >= 11 is 0. The normalized spacial score (nSPS) is 12.5. The van der Waals surface area contributed by atoms with Gasteiger partial charge in [0.05, 0.1) is 12.1 Å². The number of carbonyl (C=O) groups excluding carboxylic acids is 1. The van der Waals surface area contributed by atoms with Crippen molar-refractivity contribution in [2.24, 2.45) is 0 Å². The highest BCUT2D eigenvalue weighted by Crippen LogP contribution is 2.25. The van der Waals surface area contributed by atoms with Crippen molar-refractivity contribution in [1.82, 2.24) is 14.9 Å². The monoisotopic (exact) mass is 289 g/mol. The second-order valence-corrected chi connectivity index (χ2v) is 5.16. The van der Waals surface area contributed by atoms with Gasteiger partial charge in [-0.3, -0.25) is 9.78 Å². The summed E-state index contributed by atoms with van der Waals surface area (Å²) in [4.78, 5) is 16.4. The first kappa shape index (κ1) is 15.5. The number of nitrogens with one attached hydrogen (secondary N) is 1. The van der Waals surface area contributed by atoms with Gasteiger partial charge in [0, 0.05) is 37.6 Å². The molecule has 0 spiro atoms. The zero-order chi connectivity index (χ0) is 15.2.